The highest BCUT2D eigenvalue weighted by molar-refractivity contribution is 6.45. The lowest BCUT2D eigenvalue weighted by atomic mass is 9.86. The minimum atomic E-state index is -1.54. The van der Waals surface area contributed by atoms with E-state index in [1.165, 1.54) is 0 Å². The molecule has 2 aliphatic heterocycles. The lowest BCUT2D eigenvalue weighted by Gasteiger charge is -2.47. The molecule has 1 N–H and O–H groups in total. The smallest absolute Gasteiger partial charge is 0.187 e. The van der Waals surface area contributed by atoms with Crippen LogP contribution in [0.2, 0.25) is 0 Å². The molecule has 2 aliphatic rings. The maximum atomic E-state index is 10.7. The normalized spacial score (nSPS) is 38.2. The first kappa shape index (κ1) is 16.5. The molecular weight excluding hydrogens is 331 g/mol. The van der Waals surface area contributed by atoms with E-state index in [0.29, 0.717) is 6.61 Å². The van der Waals surface area contributed by atoms with Crippen LogP contribution in [0.25, 0.3) is 0 Å². The number of rotatable bonds is 4. The van der Waals surface area contributed by atoms with Crippen LogP contribution >= 0.6 is 23.2 Å². The van der Waals surface area contributed by atoms with Gasteiger partial charge in [-0.05, 0) is 12.5 Å². The van der Waals surface area contributed by atoms with E-state index < -0.39 is 35.0 Å². The highest BCUT2D eigenvalue weighted by atomic mass is 35.5. The highest BCUT2D eigenvalue weighted by Crippen LogP contribution is 2.42. The molecule has 122 valence electrons. The van der Waals surface area contributed by atoms with E-state index in [4.69, 9.17) is 42.1 Å². The molecule has 2 heterocycles. The molecule has 5 atom stereocenters. The zero-order chi connectivity index (χ0) is 15.7. The van der Waals surface area contributed by atoms with Crippen LogP contribution in [0.1, 0.15) is 12.5 Å². The number of fused-ring (bicyclic) bond motifs is 1. The minimum absolute atomic E-state index is 0.0411. The van der Waals surface area contributed by atoms with Gasteiger partial charge < -0.3 is 24.1 Å². The topological polar surface area (TPSA) is 57.2 Å². The maximum absolute atomic E-state index is 10.7. The van der Waals surface area contributed by atoms with Gasteiger partial charge in [0.05, 0.1) is 12.7 Å². The van der Waals surface area contributed by atoms with Gasteiger partial charge in [0.2, 0.25) is 0 Å². The van der Waals surface area contributed by atoms with Gasteiger partial charge in [-0.15, -0.1) is 23.2 Å². The van der Waals surface area contributed by atoms with Crippen LogP contribution in [-0.4, -0.2) is 46.9 Å². The standard InChI is InChI=1S/C15H18Cl2O5/c1-9-15(18,14(16)17)12-11(20-8-21-12)13(22-9)19-7-10-5-3-2-4-6-10/h2-6,9,11-14,18H,7-8H2,1H3/t9-,11-,12-,13-,15+/m1/s1. The van der Waals surface area contributed by atoms with E-state index in [-0.39, 0.29) is 6.79 Å². The Bertz CT molecular complexity index is 500. The number of hydrogen-bond donors (Lipinski definition) is 1. The lowest BCUT2D eigenvalue weighted by molar-refractivity contribution is -0.300. The van der Waals surface area contributed by atoms with Crippen molar-refractivity contribution in [1.29, 1.82) is 0 Å². The van der Waals surface area contributed by atoms with Crippen molar-refractivity contribution < 1.29 is 24.1 Å². The molecular formula is C15H18Cl2O5. The van der Waals surface area contributed by atoms with Crippen LogP contribution in [0.4, 0.5) is 0 Å². The molecule has 0 aromatic heterocycles. The number of halogens is 2. The lowest BCUT2D eigenvalue weighted by Crippen LogP contribution is -2.67. The number of alkyl halides is 2. The third-order valence-electron chi connectivity index (χ3n) is 4.13. The average molecular weight is 349 g/mol. The Morgan fingerprint density at radius 1 is 1.32 bits per heavy atom. The van der Waals surface area contributed by atoms with Gasteiger partial charge in [0.1, 0.15) is 29.4 Å². The van der Waals surface area contributed by atoms with Crippen molar-refractivity contribution in [2.45, 2.75) is 48.6 Å². The minimum Gasteiger partial charge on any atom is -0.381 e. The van der Waals surface area contributed by atoms with E-state index in [2.05, 4.69) is 0 Å². The van der Waals surface area contributed by atoms with Gasteiger partial charge in [0.15, 0.2) is 6.29 Å². The summed E-state index contributed by atoms with van der Waals surface area (Å²) in [6.07, 6.45) is -2.59. The Balaban J connectivity index is 1.72. The molecule has 2 saturated heterocycles. The number of hydrogen-bond acceptors (Lipinski definition) is 5. The molecule has 0 spiro atoms. The number of ether oxygens (including phenoxy) is 4. The van der Waals surface area contributed by atoms with Gasteiger partial charge >= 0.3 is 0 Å². The second-order valence-electron chi connectivity index (χ2n) is 5.47. The summed E-state index contributed by atoms with van der Waals surface area (Å²) in [4.78, 5) is -1.06. The van der Waals surface area contributed by atoms with Crippen molar-refractivity contribution in [2.75, 3.05) is 6.79 Å². The van der Waals surface area contributed by atoms with Gasteiger partial charge in [-0.2, -0.15) is 0 Å². The van der Waals surface area contributed by atoms with Crippen molar-refractivity contribution in [3.63, 3.8) is 0 Å². The molecule has 0 saturated carbocycles. The predicted molar refractivity (Wildman–Crippen MR) is 80.6 cm³/mol. The van der Waals surface area contributed by atoms with Crippen molar-refractivity contribution >= 4 is 23.2 Å². The van der Waals surface area contributed by atoms with E-state index in [1.54, 1.807) is 6.92 Å². The fourth-order valence-electron chi connectivity index (χ4n) is 2.80. The summed E-state index contributed by atoms with van der Waals surface area (Å²) in [6.45, 7) is 2.10. The molecule has 0 amide bonds. The molecule has 5 nitrogen and oxygen atoms in total. The Kier molecular flexibility index (Phi) is 4.95. The summed E-state index contributed by atoms with van der Waals surface area (Å²) in [5.41, 5.74) is -0.528. The van der Waals surface area contributed by atoms with Gasteiger partial charge in [0, 0.05) is 0 Å². The van der Waals surface area contributed by atoms with Gasteiger partial charge in [-0.1, -0.05) is 30.3 Å². The van der Waals surface area contributed by atoms with Crippen LogP contribution < -0.4 is 0 Å². The van der Waals surface area contributed by atoms with E-state index >= 15 is 0 Å². The summed E-state index contributed by atoms with van der Waals surface area (Å²) in [5.74, 6) is 0. The maximum Gasteiger partial charge on any atom is 0.187 e. The van der Waals surface area contributed by atoms with Crippen molar-refractivity contribution in [1.82, 2.24) is 0 Å². The van der Waals surface area contributed by atoms with Gasteiger partial charge in [0.25, 0.3) is 0 Å². The Labute approximate surface area is 139 Å². The second-order valence-corrected chi connectivity index (χ2v) is 6.56. The van der Waals surface area contributed by atoms with Gasteiger partial charge in [-0.3, -0.25) is 0 Å². The first-order valence-corrected chi connectivity index (χ1v) is 7.95. The third kappa shape index (κ3) is 2.87. The molecule has 1 aromatic rings. The summed E-state index contributed by atoms with van der Waals surface area (Å²) in [7, 11) is 0. The van der Waals surface area contributed by atoms with E-state index in [0.717, 1.165) is 5.56 Å². The second kappa shape index (κ2) is 6.61. The first-order valence-electron chi connectivity index (χ1n) is 7.08. The van der Waals surface area contributed by atoms with Crippen LogP contribution in [0.5, 0.6) is 0 Å². The summed E-state index contributed by atoms with van der Waals surface area (Å²) < 4.78 is 22.5. The summed E-state index contributed by atoms with van der Waals surface area (Å²) in [5, 5.41) is 10.7. The SMILES string of the molecule is C[C@H]1O[C@@H](OCc2ccccc2)[C@@H]2OCO[C@H]2[C@]1(O)C(Cl)Cl. The molecule has 3 rings (SSSR count). The molecule has 0 bridgehead atoms. The molecule has 0 aliphatic carbocycles. The number of benzene rings is 1. The highest BCUT2D eigenvalue weighted by Gasteiger charge is 2.61. The average Bonchev–Trinajstić information content (AvgIpc) is 3.00. The Morgan fingerprint density at radius 2 is 2.05 bits per heavy atom. The predicted octanol–water partition coefficient (Wildman–Crippen LogP) is 2.22. The monoisotopic (exact) mass is 348 g/mol. The quantitative estimate of drug-likeness (QED) is 0.845. The zero-order valence-corrected chi connectivity index (χ0v) is 13.5. The molecule has 1 aromatic carbocycles. The van der Waals surface area contributed by atoms with Crippen LogP contribution in [0.3, 0.4) is 0 Å². The third-order valence-corrected chi connectivity index (χ3v) is 4.83. The molecule has 0 radical (unpaired) electrons. The summed E-state index contributed by atoms with van der Waals surface area (Å²) >= 11 is 11.9. The Hall–Kier alpha value is -0.400. The number of aliphatic hydroxyl groups is 1. The molecule has 7 heteroatoms. The van der Waals surface area contributed by atoms with E-state index in [9.17, 15) is 5.11 Å². The summed E-state index contributed by atoms with van der Waals surface area (Å²) in [6, 6.07) is 9.73. The van der Waals surface area contributed by atoms with Crippen molar-refractivity contribution in [2.24, 2.45) is 0 Å². The zero-order valence-electron chi connectivity index (χ0n) is 12.0. The van der Waals surface area contributed by atoms with Gasteiger partial charge in [-0.25, -0.2) is 0 Å². The molecule has 2 fully saturated rings. The first-order chi connectivity index (χ1) is 10.5. The molecule has 0 unspecified atom stereocenters. The van der Waals surface area contributed by atoms with Crippen LogP contribution in [-0.2, 0) is 25.6 Å². The van der Waals surface area contributed by atoms with Crippen LogP contribution in [0, 0.1) is 0 Å². The molecule has 22 heavy (non-hydrogen) atoms. The van der Waals surface area contributed by atoms with Crippen LogP contribution in [0.15, 0.2) is 30.3 Å². The largest absolute Gasteiger partial charge is 0.381 e. The van der Waals surface area contributed by atoms with E-state index in [1.807, 2.05) is 30.3 Å². The fourth-order valence-corrected chi connectivity index (χ4v) is 3.40. The fraction of sp³-hybridized carbons (Fsp3) is 0.600. The van der Waals surface area contributed by atoms with Crippen molar-refractivity contribution in [3.8, 4) is 0 Å². The Morgan fingerprint density at radius 3 is 2.73 bits per heavy atom. The van der Waals surface area contributed by atoms with Crippen molar-refractivity contribution in [3.05, 3.63) is 35.9 Å².